The number of anilines is 1. The van der Waals surface area contributed by atoms with Gasteiger partial charge in [-0.2, -0.15) is 0 Å². The Balaban J connectivity index is 1.70. The van der Waals surface area contributed by atoms with Crippen molar-refractivity contribution < 1.29 is 14.4 Å². The minimum atomic E-state index is -1.53. The first kappa shape index (κ1) is 22.3. The van der Waals surface area contributed by atoms with Gasteiger partial charge in [-0.25, -0.2) is 0 Å². The van der Waals surface area contributed by atoms with Gasteiger partial charge in [0.25, 0.3) is 0 Å². The second kappa shape index (κ2) is 7.64. The second-order valence-corrected chi connectivity index (χ2v) is 10.4. The first-order valence-corrected chi connectivity index (χ1v) is 12.2. The van der Waals surface area contributed by atoms with Gasteiger partial charge in [0.1, 0.15) is 5.41 Å². The fraction of sp³-hybridized carbons (Fsp3) is 0.207. The molecule has 35 heavy (non-hydrogen) atoms. The van der Waals surface area contributed by atoms with Crippen molar-refractivity contribution >= 4 is 52.3 Å². The van der Waals surface area contributed by atoms with E-state index in [0.29, 0.717) is 26.7 Å². The van der Waals surface area contributed by atoms with Gasteiger partial charge < -0.3 is 4.90 Å². The van der Waals surface area contributed by atoms with Crippen LogP contribution in [0, 0.1) is 12.3 Å². The molecule has 0 radical (unpaired) electrons. The maximum absolute atomic E-state index is 14.3. The maximum atomic E-state index is 14.3. The van der Waals surface area contributed by atoms with E-state index < -0.39 is 23.4 Å². The number of hydrogen-bond acceptors (Lipinski definition) is 4. The van der Waals surface area contributed by atoms with E-state index in [1.165, 1.54) is 6.92 Å². The van der Waals surface area contributed by atoms with Crippen LogP contribution in [0.15, 0.2) is 66.7 Å². The van der Waals surface area contributed by atoms with Gasteiger partial charge in [0.15, 0.2) is 17.3 Å². The first-order valence-electron chi connectivity index (χ1n) is 11.5. The maximum Gasteiger partial charge on any atom is 0.180 e. The predicted octanol–water partition coefficient (Wildman–Crippen LogP) is 6.32. The van der Waals surface area contributed by atoms with E-state index in [0.717, 1.165) is 16.8 Å². The van der Waals surface area contributed by atoms with Crippen molar-refractivity contribution in [2.24, 2.45) is 5.41 Å². The lowest BCUT2D eigenvalue weighted by Gasteiger charge is -2.37. The summed E-state index contributed by atoms with van der Waals surface area (Å²) >= 11 is 12.9. The zero-order valence-corrected chi connectivity index (χ0v) is 20.6. The third-order valence-corrected chi connectivity index (χ3v) is 8.24. The lowest BCUT2D eigenvalue weighted by Crippen LogP contribution is -2.48. The van der Waals surface area contributed by atoms with Crippen LogP contribution < -0.4 is 4.90 Å². The minimum absolute atomic E-state index is 0.138. The highest BCUT2D eigenvalue weighted by atomic mass is 35.5. The molecule has 6 rings (SSSR count). The molecule has 174 valence electrons. The molecule has 3 atom stereocenters. The normalized spacial score (nSPS) is 23.4. The number of carbonyl (C=O) groups is 3. The van der Waals surface area contributed by atoms with Crippen LogP contribution in [0.2, 0.25) is 10.0 Å². The number of nitrogens with zero attached hydrogens (tertiary/aromatic N) is 1. The van der Waals surface area contributed by atoms with Gasteiger partial charge in [-0.15, -0.1) is 0 Å². The molecule has 1 aliphatic carbocycles. The quantitative estimate of drug-likeness (QED) is 0.385. The number of benzene rings is 3. The second-order valence-electron chi connectivity index (χ2n) is 9.55. The molecule has 3 aromatic rings. The summed E-state index contributed by atoms with van der Waals surface area (Å²) in [6.07, 6.45) is 3.86. The number of rotatable bonds is 2. The molecule has 1 saturated heterocycles. The Morgan fingerprint density at radius 3 is 2.26 bits per heavy atom. The van der Waals surface area contributed by atoms with E-state index in [2.05, 4.69) is 0 Å². The Kier molecular flexibility index (Phi) is 4.86. The van der Waals surface area contributed by atoms with Crippen LogP contribution >= 0.6 is 23.2 Å². The van der Waals surface area contributed by atoms with Crippen molar-refractivity contribution in [3.63, 3.8) is 0 Å². The molecule has 0 bridgehead atoms. The number of ketones is 3. The van der Waals surface area contributed by atoms with Crippen molar-refractivity contribution in [2.75, 3.05) is 4.90 Å². The summed E-state index contributed by atoms with van der Waals surface area (Å²) in [6, 6.07) is 16.5. The Hall–Kier alpha value is -3.21. The average molecular weight is 502 g/mol. The molecule has 0 amide bonds. The number of fused-ring (bicyclic) bond motifs is 5. The van der Waals surface area contributed by atoms with Gasteiger partial charge >= 0.3 is 0 Å². The van der Waals surface area contributed by atoms with Crippen molar-refractivity contribution in [1.82, 2.24) is 0 Å². The van der Waals surface area contributed by atoms with Gasteiger partial charge in [-0.05, 0) is 49.2 Å². The van der Waals surface area contributed by atoms with Crippen LogP contribution in [-0.2, 0) is 4.79 Å². The predicted molar refractivity (Wildman–Crippen MR) is 138 cm³/mol. The third-order valence-electron chi connectivity index (χ3n) is 7.67. The summed E-state index contributed by atoms with van der Waals surface area (Å²) in [5.74, 6) is -1.47. The lowest BCUT2D eigenvalue weighted by molar-refractivity contribution is -0.118. The number of Topliss-reactive ketones (excluding diaryl/α,β-unsaturated/α-hetero) is 3. The van der Waals surface area contributed by atoms with Crippen molar-refractivity contribution in [3.05, 3.63) is 105 Å². The van der Waals surface area contributed by atoms with E-state index in [9.17, 15) is 14.4 Å². The van der Waals surface area contributed by atoms with Crippen LogP contribution in [0.1, 0.15) is 50.2 Å². The highest BCUT2D eigenvalue weighted by Crippen LogP contribution is 2.61. The molecule has 2 aliphatic heterocycles. The third kappa shape index (κ3) is 2.84. The number of halogens is 2. The molecule has 1 unspecified atom stereocenters. The first-order chi connectivity index (χ1) is 16.8. The zero-order chi connectivity index (χ0) is 24.6. The summed E-state index contributed by atoms with van der Waals surface area (Å²) in [5.41, 5.74) is 2.67. The minimum Gasteiger partial charge on any atom is -0.352 e. The smallest absolute Gasteiger partial charge is 0.180 e. The van der Waals surface area contributed by atoms with Crippen LogP contribution in [-0.4, -0.2) is 29.4 Å². The Morgan fingerprint density at radius 1 is 0.943 bits per heavy atom. The number of carbonyl (C=O) groups excluding carboxylic acids is 3. The van der Waals surface area contributed by atoms with E-state index in [1.807, 2.05) is 42.2 Å². The van der Waals surface area contributed by atoms with E-state index in [1.54, 1.807) is 42.5 Å². The Morgan fingerprint density at radius 2 is 1.63 bits per heavy atom. The highest BCUT2D eigenvalue weighted by Gasteiger charge is 2.71. The summed E-state index contributed by atoms with van der Waals surface area (Å²) in [6.45, 7) is 3.52. The monoisotopic (exact) mass is 501 g/mol. The fourth-order valence-electron chi connectivity index (χ4n) is 6.35. The molecule has 3 aliphatic rings. The number of hydrogen-bond donors (Lipinski definition) is 0. The van der Waals surface area contributed by atoms with Crippen molar-refractivity contribution in [1.29, 1.82) is 0 Å². The van der Waals surface area contributed by atoms with E-state index in [4.69, 9.17) is 23.2 Å². The van der Waals surface area contributed by atoms with E-state index in [-0.39, 0.29) is 17.3 Å². The van der Waals surface area contributed by atoms with Crippen LogP contribution in [0.5, 0.6) is 0 Å². The van der Waals surface area contributed by atoms with Crippen molar-refractivity contribution in [2.45, 2.75) is 31.8 Å². The zero-order valence-electron chi connectivity index (χ0n) is 19.1. The van der Waals surface area contributed by atoms with Gasteiger partial charge in [-0.3, -0.25) is 14.4 Å². The van der Waals surface area contributed by atoms with Crippen LogP contribution in [0.3, 0.4) is 0 Å². The van der Waals surface area contributed by atoms with Crippen LogP contribution in [0.4, 0.5) is 5.69 Å². The largest absolute Gasteiger partial charge is 0.352 e. The van der Waals surface area contributed by atoms with Gasteiger partial charge in [-0.1, -0.05) is 77.3 Å². The molecule has 3 aromatic carbocycles. The molecular formula is C29H21Cl2NO3. The van der Waals surface area contributed by atoms with Crippen LogP contribution in [0.25, 0.3) is 6.08 Å². The molecule has 4 nitrogen and oxygen atoms in total. The van der Waals surface area contributed by atoms with E-state index >= 15 is 0 Å². The Bertz CT molecular complexity index is 1460. The standard InChI is InChI=1S/C29H21Cl2NO3/c1-15-7-11-23-17(13-15)8-12-24-29(27(34)19-5-3-4-6-20(19)28(29)35)25(26(16(2)33)32(23)24)21-10-9-18(30)14-22(21)31/h3-14,24-26H,1-2H3/t24?,25-,26-/m1/s1. The summed E-state index contributed by atoms with van der Waals surface area (Å²) in [7, 11) is 0. The average Bonchev–Trinajstić information content (AvgIpc) is 3.26. The molecule has 1 spiro atoms. The lowest BCUT2D eigenvalue weighted by atomic mass is 9.64. The molecular weight excluding hydrogens is 481 g/mol. The summed E-state index contributed by atoms with van der Waals surface area (Å²) in [4.78, 5) is 44.0. The molecule has 1 fully saturated rings. The van der Waals surface area contributed by atoms with Crippen molar-refractivity contribution in [3.8, 4) is 0 Å². The molecule has 0 saturated carbocycles. The number of aryl methyl sites for hydroxylation is 1. The Labute approximate surface area is 213 Å². The molecule has 2 heterocycles. The molecule has 0 aromatic heterocycles. The SMILES string of the molecule is CC(=O)[C@@H]1[C@@H](c2ccc(Cl)cc2Cl)C2(C(=O)c3ccccc3C2=O)C2C=Cc3cc(C)ccc3N21. The topological polar surface area (TPSA) is 54.5 Å². The molecule has 6 heteroatoms. The van der Waals surface area contributed by atoms with Gasteiger partial charge in [0.05, 0.1) is 12.1 Å². The van der Waals surface area contributed by atoms with Gasteiger partial charge in [0, 0.05) is 32.8 Å². The molecule has 0 N–H and O–H groups in total. The van der Waals surface area contributed by atoms with Gasteiger partial charge in [0.2, 0.25) is 0 Å². The summed E-state index contributed by atoms with van der Waals surface area (Å²) in [5, 5.41) is 0.772. The highest BCUT2D eigenvalue weighted by molar-refractivity contribution is 6.36. The summed E-state index contributed by atoms with van der Waals surface area (Å²) < 4.78 is 0. The fourth-order valence-corrected chi connectivity index (χ4v) is 6.87.